The molecule has 0 spiro atoms. The van der Waals surface area contributed by atoms with Gasteiger partial charge in [0, 0.05) is 57.5 Å². The van der Waals surface area contributed by atoms with E-state index in [1.54, 1.807) is 24.3 Å². The number of Topliss-reactive ketones (excluding diaryl/α,β-unsaturated/α-hetero) is 1. The van der Waals surface area contributed by atoms with Gasteiger partial charge in [0.15, 0.2) is 10.9 Å². The van der Waals surface area contributed by atoms with E-state index in [4.69, 9.17) is 12.2 Å². The van der Waals surface area contributed by atoms with Crippen LogP contribution in [-0.2, 0) is 4.79 Å². The topological polar surface area (TPSA) is 68.2 Å². The van der Waals surface area contributed by atoms with Gasteiger partial charge in [-0.05, 0) is 60.1 Å². The van der Waals surface area contributed by atoms with Crippen molar-refractivity contribution in [1.82, 2.24) is 9.80 Å². The molecule has 2 aliphatic rings. The van der Waals surface area contributed by atoms with Crippen molar-refractivity contribution in [3.8, 4) is 0 Å². The first kappa shape index (κ1) is 24.9. The zero-order valence-corrected chi connectivity index (χ0v) is 20.1. The number of ketones is 1. The number of rotatable bonds is 6. The fourth-order valence-electron chi connectivity index (χ4n) is 4.29. The molecule has 0 bridgehead atoms. The van der Waals surface area contributed by atoms with Crippen LogP contribution >= 0.6 is 12.2 Å². The number of piperazine rings is 1. The first-order chi connectivity index (χ1) is 16.9. The number of carbonyl (C=O) groups excluding carboxylic acids is 1. The first-order valence-electron chi connectivity index (χ1n) is 11.6. The Morgan fingerprint density at radius 3 is 2.29 bits per heavy atom. The van der Waals surface area contributed by atoms with Crippen molar-refractivity contribution >= 4 is 35.0 Å². The number of nitrogens with zero attached hydrogens (tertiary/aromatic N) is 3. The largest absolute Gasteiger partial charge is 0.511 e. The SMILES string of the molecule is O=C1CC(c2ccc(F)cc2)CC(O)=C1C=NCCN1CCN(C(=S)Nc2ccc(F)cc2)CC1. The molecule has 1 aliphatic heterocycles. The van der Waals surface area contributed by atoms with E-state index in [1.165, 1.54) is 30.5 Å². The van der Waals surface area contributed by atoms with Crippen molar-refractivity contribution in [3.63, 3.8) is 0 Å². The number of nitrogens with one attached hydrogen (secondary N) is 1. The van der Waals surface area contributed by atoms with Crippen LogP contribution in [-0.4, -0.2) is 71.3 Å². The molecule has 1 heterocycles. The van der Waals surface area contributed by atoms with E-state index in [9.17, 15) is 18.7 Å². The molecule has 1 saturated heterocycles. The van der Waals surface area contributed by atoms with Gasteiger partial charge in [0.25, 0.3) is 0 Å². The summed E-state index contributed by atoms with van der Waals surface area (Å²) in [7, 11) is 0. The van der Waals surface area contributed by atoms with Gasteiger partial charge in [0.2, 0.25) is 0 Å². The second kappa shape index (κ2) is 11.5. The van der Waals surface area contributed by atoms with E-state index in [-0.39, 0.29) is 41.1 Å². The number of anilines is 1. The van der Waals surface area contributed by atoms with E-state index in [0.29, 0.717) is 18.1 Å². The van der Waals surface area contributed by atoms with Crippen LogP contribution in [0.1, 0.15) is 24.3 Å². The van der Waals surface area contributed by atoms with Crippen molar-refractivity contribution in [2.75, 3.05) is 44.6 Å². The highest BCUT2D eigenvalue weighted by atomic mass is 32.1. The first-order valence-corrected chi connectivity index (χ1v) is 12.0. The van der Waals surface area contributed by atoms with Gasteiger partial charge in [0.1, 0.15) is 17.4 Å². The van der Waals surface area contributed by atoms with Gasteiger partial charge in [0.05, 0.1) is 12.1 Å². The minimum Gasteiger partial charge on any atom is -0.511 e. The predicted molar refractivity (Wildman–Crippen MR) is 137 cm³/mol. The number of thiocarbonyl (C=S) groups is 1. The molecule has 0 amide bonds. The maximum Gasteiger partial charge on any atom is 0.173 e. The van der Waals surface area contributed by atoms with Crippen LogP contribution in [0.5, 0.6) is 0 Å². The smallest absolute Gasteiger partial charge is 0.173 e. The van der Waals surface area contributed by atoms with Crippen LogP contribution < -0.4 is 5.32 Å². The number of carbonyl (C=O) groups is 1. The Kier molecular flexibility index (Phi) is 8.20. The molecule has 0 radical (unpaired) electrons. The second-order valence-corrected chi connectivity index (χ2v) is 9.13. The number of benzene rings is 2. The van der Waals surface area contributed by atoms with E-state index >= 15 is 0 Å². The quantitative estimate of drug-likeness (QED) is 0.457. The molecular formula is C26H28F2N4O2S. The van der Waals surface area contributed by atoms with Crippen LogP contribution in [0, 0.1) is 11.6 Å². The number of halogens is 2. The van der Waals surface area contributed by atoms with Gasteiger partial charge < -0.3 is 15.3 Å². The Labute approximate surface area is 209 Å². The van der Waals surface area contributed by atoms with Gasteiger partial charge in [-0.3, -0.25) is 14.7 Å². The Bertz CT molecular complexity index is 1110. The summed E-state index contributed by atoms with van der Waals surface area (Å²) in [5.74, 6) is -0.876. The minimum absolute atomic E-state index is 0.0371. The van der Waals surface area contributed by atoms with E-state index in [2.05, 4.69) is 20.1 Å². The zero-order valence-electron chi connectivity index (χ0n) is 19.3. The van der Waals surface area contributed by atoms with E-state index in [0.717, 1.165) is 44.0 Å². The van der Waals surface area contributed by atoms with Crippen molar-refractivity contribution in [3.05, 3.63) is 77.1 Å². The third kappa shape index (κ3) is 6.70. The predicted octanol–water partition coefficient (Wildman–Crippen LogP) is 4.31. The van der Waals surface area contributed by atoms with Gasteiger partial charge in [-0.25, -0.2) is 8.78 Å². The monoisotopic (exact) mass is 498 g/mol. The molecule has 2 N–H and O–H groups in total. The Hall–Kier alpha value is -3.17. The number of aliphatic imine (C=N–C) groups is 1. The molecule has 6 nitrogen and oxygen atoms in total. The maximum absolute atomic E-state index is 13.2. The molecule has 2 aromatic carbocycles. The van der Waals surface area contributed by atoms with Gasteiger partial charge in [-0.1, -0.05) is 12.1 Å². The van der Waals surface area contributed by atoms with Gasteiger partial charge >= 0.3 is 0 Å². The van der Waals surface area contributed by atoms with Crippen LogP contribution in [0.2, 0.25) is 0 Å². The number of allylic oxidation sites excluding steroid dienone is 2. The molecule has 184 valence electrons. The average molecular weight is 499 g/mol. The van der Waals surface area contributed by atoms with Crippen molar-refractivity contribution in [2.24, 2.45) is 4.99 Å². The van der Waals surface area contributed by atoms with E-state index in [1.807, 2.05) is 0 Å². The summed E-state index contributed by atoms with van der Waals surface area (Å²) >= 11 is 5.47. The highest BCUT2D eigenvalue weighted by Gasteiger charge is 2.27. The third-order valence-electron chi connectivity index (χ3n) is 6.34. The molecule has 0 saturated carbocycles. The molecule has 9 heteroatoms. The Morgan fingerprint density at radius 2 is 1.66 bits per heavy atom. The summed E-state index contributed by atoms with van der Waals surface area (Å²) in [6.45, 7) is 4.45. The summed E-state index contributed by atoms with van der Waals surface area (Å²) in [5.41, 5.74) is 1.87. The fourth-order valence-corrected chi connectivity index (χ4v) is 4.59. The maximum atomic E-state index is 13.2. The lowest BCUT2D eigenvalue weighted by Crippen LogP contribution is -2.50. The zero-order chi connectivity index (χ0) is 24.8. The lowest BCUT2D eigenvalue weighted by atomic mass is 9.83. The van der Waals surface area contributed by atoms with Crippen molar-refractivity contribution in [2.45, 2.75) is 18.8 Å². The molecule has 1 fully saturated rings. The molecule has 0 aromatic heterocycles. The standard InChI is InChI=1S/C26H28F2N4O2S/c27-20-3-1-18(2-4-20)19-15-24(33)23(25(34)16-19)17-29-9-10-31-11-13-32(14-12-31)26(35)30-22-7-5-21(28)6-8-22/h1-8,17,19,33H,9-16H2,(H,30,35). The van der Waals surface area contributed by atoms with Crippen LogP contribution in [0.15, 0.2) is 64.9 Å². The molecule has 4 rings (SSSR count). The molecule has 35 heavy (non-hydrogen) atoms. The van der Waals surface area contributed by atoms with Gasteiger partial charge in [-0.15, -0.1) is 0 Å². The van der Waals surface area contributed by atoms with Crippen LogP contribution in [0.3, 0.4) is 0 Å². The molecule has 1 atom stereocenters. The molecular weight excluding hydrogens is 470 g/mol. The third-order valence-corrected chi connectivity index (χ3v) is 6.71. The number of hydrogen-bond donors (Lipinski definition) is 2. The highest BCUT2D eigenvalue weighted by molar-refractivity contribution is 7.80. The fraction of sp³-hybridized carbons (Fsp3) is 0.346. The normalized spacial score (nSPS) is 19.4. The minimum atomic E-state index is -0.325. The number of hydrogen-bond acceptors (Lipinski definition) is 5. The average Bonchev–Trinajstić information content (AvgIpc) is 2.85. The Balaban J connectivity index is 1.21. The lowest BCUT2D eigenvalue weighted by Gasteiger charge is -2.36. The molecule has 1 unspecified atom stereocenters. The van der Waals surface area contributed by atoms with Crippen LogP contribution in [0.4, 0.5) is 14.5 Å². The van der Waals surface area contributed by atoms with Gasteiger partial charge in [-0.2, -0.15) is 0 Å². The Morgan fingerprint density at radius 1 is 1.03 bits per heavy atom. The highest BCUT2D eigenvalue weighted by Crippen LogP contribution is 2.33. The van der Waals surface area contributed by atoms with Crippen LogP contribution in [0.25, 0.3) is 0 Å². The summed E-state index contributed by atoms with van der Waals surface area (Å²) in [6.07, 6.45) is 2.09. The molecule has 2 aromatic rings. The lowest BCUT2D eigenvalue weighted by molar-refractivity contribution is -0.116. The van der Waals surface area contributed by atoms with Crippen molar-refractivity contribution < 1.29 is 18.7 Å². The van der Waals surface area contributed by atoms with Crippen molar-refractivity contribution in [1.29, 1.82) is 0 Å². The summed E-state index contributed by atoms with van der Waals surface area (Å²) < 4.78 is 26.2. The summed E-state index contributed by atoms with van der Waals surface area (Å²) in [6, 6.07) is 12.1. The second-order valence-electron chi connectivity index (χ2n) is 8.74. The number of aliphatic hydroxyl groups excluding tert-OH is 1. The summed E-state index contributed by atoms with van der Waals surface area (Å²) in [5, 5.41) is 14.2. The molecule has 1 aliphatic carbocycles. The number of aliphatic hydroxyl groups is 1. The van der Waals surface area contributed by atoms with E-state index < -0.39 is 0 Å². The summed E-state index contributed by atoms with van der Waals surface area (Å²) in [4.78, 5) is 21.3.